The second-order valence-corrected chi connectivity index (χ2v) is 6.37. The quantitative estimate of drug-likeness (QED) is 0.384. The van der Waals surface area contributed by atoms with E-state index in [0.29, 0.717) is 6.61 Å². The molecule has 0 saturated heterocycles. The third-order valence-electron chi connectivity index (χ3n) is 4.77. The van der Waals surface area contributed by atoms with E-state index in [1.807, 2.05) is 19.1 Å². The van der Waals surface area contributed by atoms with Gasteiger partial charge in [0.25, 0.3) is 0 Å². The Morgan fingerprint density at radius 3 is 2.23 bits per heavy atom. The van der Waals surface area contributed by atoms with Crippen molar-refractivity contribution in [3.05, 3.63) is 77.9 Å². The number of aryl methyl sites for hydroxylation is 1. The molecule has 0 bridgehead atoms. The molecule has 0 N–H and O–H groups in total. The third kappa shape index (κ3) is 2.99. The van der Waals surface area contributed by atoms with Crippen molar-refractivity contribution in [2.45, 2.75) is 20.4 Å². The molecule has 0 aliphatic rings. The summed E-state index contributed by atoms with van der Waals surface area (Å²) < 4.78 is 7.88. The van der Waals surface area contributed by atoms with Crippen molar-refractivity contribution in [2.24, 2.45) is 0 Å². The lowest BCUT2D eigenvalue weighted by molar-refractivity contribution is 0.340. The Labute approximate surface area is 154 Å². The van der Waals surface area contributed by atoms with Gasteiger partial charge in [-0.05, 0) is 55.3 Å². The molecule has 130 valence electrons. The molecule has 0 fully saturated rings. The number of hydrogen-bond donors (Lipinski definition) is 0. The van der Waals surface area contributed by atoms with Crippen LogP contribution in [0.2, 0.25) is 0 Å². The van der Waals surface area contributed by atoms with E-state index in [2.05, 4.69) is 78.2 Å². The van der Waals surface area contributed by atoms with Crippen molar-refractivity contribution < 1.29 is 4.74 Å². The average molecular weight is 341 g/mol. The number of fused-ring (bicyclic) bond motifs is 3. The van der Waals surface area contributed by atoms with Crippen LogP contribution >= 0.6 is 0 Å². The number of nitrogens with zero attached hydrogens (tertiary/aromatic N) is 1. The SMILES string of the molecule is CCOc1ccc(C=Cc2ccc3c(c2)c2ccccc2n3CC)cc1. The molecule has 0 saturated carbocycles. The van der Waals surface area contributed by atoms with Crippen LogP contribution in [0.25, 0.3) is 34.0 Å². The summed E-state index contributed by atoms with van der Waals surface area (Å²) in [5.74, 6) is 0.915. The van der Waals surface area contributed by atoms with Gasteiger partial charge in [-0.2, -0.15) is 0 Å². The van der Waals surface area contributed by atoms with Crippen LogP contribution in [0.1, 0.15) is 25.0 Å². The van der Waals surface area contributed by atoms with Crippen molar-refractivity contribution in [1.82, 2.24) is 4.57 Å². The molecule has 4 aromatic rings. The number of benzene rings is 3. The zero-order valence-corrected chi connectivity index (χ0v) is 15.3. The molecule has 0 amide bonds. The van der Waals surface area contributed by atoms with Crippen LogP contribution in [0.4, 0.5) is 0 Å². The van der Waals surface area contributed by atoms with Gasteiger partial charge in [0, 0.05) is 28.4 Å². The minimum Gasteiger partial charge on any atom is -0.494 e. The standard InChI is InChI=1S/C24H23NO/c1-3-25-23-8-6-5-7-21(23)22-17-19(13-16-24(22)25)10-9-18-11-14-20(15-12-18)26-4-2/h5-17H,3-4H2,1-2H3. The summed E-state index contributed by atoms with van der Waals surface area (Å²) in [6.07, 6.45) is 4.32. The van der Waals surface area contributed by atoms with Crippen LogP contribution < -0.4 is 4.74 Å². The molecule has 26 heavy (non-hydrogen) atoms. The van der Waals surface area contributed by atoms with E-state index in [9.17, 15) is 0 Å². The number of aromatic nitrogens is 1. The molecule has 2 nitrogen and oxygen atoms in total. The second kappa shape index (κ2) is 7.09. The second-order valence-electron chi connectivity index (χ2n) is 6.37. The predicted molar refractivity (Wildman–Crippen MR) is 112 cm³/mol. The first-order chi connectivity index (χ1) is 12.8. The fourth-order valence-electron chi connectivity index (χ4n) is 3.55. The van der Waals surface area contributed by atoms with E-state index in [0.717, 1.165) is 12.3 Å². The van der Waals surface area contributed by atoms with E-state index >= 15 is 0 Å². The van der Waals surface area contributed by atoms with Gasteiger partial charge in [-0.25, -0.2) is 0 Å². The molecule has 3 aromatic carbocycles. The molecule has 0 atom stereocenters. The van der Waals surface area contributed by atoms with Gasteiger partial charge < -0.3 is 9.30 Å². The highest BCUT2D eigenvalue weighted by molar-refractivity contribution is 6.08. The van der Waals surface area contributed by atoms with Gasteiger partial charge in [-0.1, -0.05) is 48.6 Å². The Morgan fingerprint density at radius 1 is 0.769 bits per heavy atom. The van der Waals surface area contributed by atoms with Gasteiger partial charge in [-0.3, -0.25) is 0 Å². The summed E-state index contributed by atoms with van der Waals surface area (Å²) >= 11 is 0. The lowest BCUT2D eigenvalue weighted by Crippen LogP contribution is -1.92. The van der Waals surface area contributed by atoms with Gasteiger partial charge in [0.05, 0.1) is 6.61 Å². The summed E-state index contributed by atoms with van der Waals surface area (Å²) in [5, 5.41) is 2.64. The number of para-hydroxylation sites is 1. The number of ether oxygens (including phenoxy) is 1. The lowest BCUT2D eigenvalue weighted by Gasteiger charge is -2.03. The van der Waals surface area contributed by atoms with Crippen molar-refractivity contribution in [1.29, 1.82) is 0 Å². The van der Waals surface area contributed by atoms with E-state index in [1.165, 1.54) is 32.9 Å². The summed E-state index contributed by atoms with van der Waals surface area (Å²) in [4.78, 5) is 0. The smallest absolute Gasteiger partial charge is 0.119 e. The molecule has 0 unspecified atom stereocenters. The lowest BCUT2D eigenvalue weighted by atomic mass is 10.1. The van der Waals surface area contributed by atoms with Crippen LogP contribution in [0.15, 0.2) is 66.7 Å². The topological polar surface area (TPSA) is 14.2 Å². The summed E-state index contributed by atoms with van der Waals surface area (Å²) in [7, 11) is 0. The van der Waals surface area contributed by atoms with Crippen molar-refractivity contribution in [3.63, 3.8) is 0 Å². The van der Waals surface area contributed by atoms with Gasteiger partial charge >= 0.3 is 0 Å². The molecule has 0 aliphatic carbocycles. The minimum atomic E-state index is 0.695. The molecule has 4 rings (SSSR count). The Hall–Kier alpha value is -3.00. The Morgan fingerprint density at radius 2 is 1.46 bits per heavy atom. The molecule has 0 spiro atoms. The molecule has 0 radical (unpaired) electrons. The fraction of sp³-hybridized carbons (Fsp3) is 0.167. The van der Waals surface area contributed by atoms with E-state index in [1.54, 1.807) is 0 Å². The molecule has 1 aromatic heterocycles. The zero-order chi connectivity index (χ0) is 17.9. The molecular weight excluding hydrogens is 318 g/mol. The van der Waals surface area contributed by atoms with Gasteiger partial charge in [0.2, 0.25) is 0 Å². The van der Waals surface area contributed by atoms with E-state index < -0.39 is 0 Å². The van der Waals surface area contributed by atoms with Crippen LogP contribution in [-0.2, 0) is 6.54 Å². The maximum atomic E-state index is 5.50. The fourth-order valence-corrected chi connectivity index (χ4v) is 3.55. The molecular formula is C24H23NO. The maximum absolute atomic E-state index is 5.50. The highest BCUT2D eigenvalue weighted by Gasteiger charge is 2.08. The Bertz CT molecular complexity index is 1070. The minimum absolute atomic E-state index is 0.695. The predicted octanol–water partition coefficient (Wildman–Crippen LogP) is 6.38. The summed E-state index contributed by atoms with van der Waals surface area (Å²) in [6, 6.07) is 23.6. The first-order valence-corrected chi connectivity index (χ1v) is 9.22. The van der Waals surface area contributed by atoms with Crippen LogP contribution in [0, 0.1) is 0 Å². The molecule has 0 aliphatic heterocycles. The highest BCUT2D eigenvalue weighted by atomic mass is 16.5. The normalized spacial score (nSPS) is 11.6. The Kier molecular flexibility index (Phi) is 4.49. The number of hydrogen-bond acceptors (Lipinski definition) is 1. The zero-order valence-electron chi connectivity index (χ0n) is 15.3. The van der Waals surface area contributed by atoms with Crippen LogP contribution in [0.3, 0.4) is 0 Å². The van der Waals surface area contributed by atoms with E-state index in [4.69, 9.17) is 4.74 Å². The van der Waals surface area contributed by atoms with Crippen LogP contribution in [0.5, 0.6) is 5.75 Å². The van der Waals surface area contributed by atoms with Gasteiger partial charge in [-0.15, -0.1) is 0 Å². The largest absolute Gasteiger partial charge is 0.494 e. The van der Waals surface area contributed by atoms with Crippen molar-refractivity contribution in [3.8, 4) is 5.75 Å². The average Bonchev–Trinajstić information content (AvgIpc) is 3.01. The monoisotopic (exact) mass is 341 g/mol. The Balaban J connectivity index is 1.70. The maximum Gasteiger partial charge on any atom is 0.119 e. The van der Waals surface area contributed by atoms with Gasteiger partial charge in [0.1, 0.15) is 5.75 Å². The van der Waals surface area contributed by atoms with E-state index in [-0.39, 0.29) is 0 Å². The summed E-state index contributed by atoms with van der Waals surface area (Å²) in [6.45, 7) is 5.87. The first-order valence-electron chi connectivity index (χ1n) is 9.22. The molecule has 2 heteroatoms. The van der Waals surface area contributed by atoms with Gasteiger partial charge in [0.15, 0.2) is 0 Å². The summed E-state index contributed by atoms with van der Waals surface area (Å²) in [5.41, 5.74) is 4.99. The van der Waals surface area contributed by atoms with Crippen LogP contribution in [-0.4, -0.2) is 11.2 Å². The van der Waals surface area contributed by atoms with Crippen molar-refractivity contribution >= 4 is 34.0 Å². The highest BCUT2D eigenvalue weighted by Crippen LogP contribution is 2.30. The third-order valence-corrected chi connectivity index (χ3v) is 4.77. The number of rotatable bonds is 5. The molecule has 1 heterocycles. The first kappa shape index (κ1) is 16.5. The van der Waals surface area contributed by atoms with Crippen molar-refractivity contribution in [2.75, 3.05) is 6.61 Å².